The van der Waals surface area contributed by atoms with E-state index in [4.69, 9.17) is 0 Å². The van der Waals surface area contributed by atoms with Crippen LogP contribution < -0.4 is 5.32 Å². The second-order valence-electron chi connectivity index (χ2n) is 4.42. The molecule has 15 heavy (non-hydrogen) atoms. The van der Waals surface area contributed by atoms with Crippen molar-refractivity contribution in [1.29, 1.82) is 0 Å². The molecule has 1 N–H and O–H groups in total. The van der Waals surface area contributed by atoms with Gasteiger partial charge >= 0.3 is 0 Å². The van der Waals surface area contributed by atoms with Gasteiger partial charge in [-0.3, -0.25) is 0 Å². The molecule has 0 spiro atoms. The minimum Gasteiger partial charge on any atom is -0.382 e. The van der Waals surface area contributed by atoms with Crippen molar-refractivity contribution in [3.05, 3.63) is 29.8 Å². The number of hydrogen-bond acceptors (Lipinski definition) is 1. The zero-order chi connectivity index (χ0) is 10.8. The molecule has 0 aliphatic heterocycles. The zero-order valence-electron chi connectivity index (χ0n) is 8.76. The molecule has 82 valence electrons. The lowest BCUT2D eigenvalue weighted by Crippen LogP contribution is -2.15. The number of hydrogen-bond donors (Lipinski definition) is 1. The molecule has 0 unspecified atom stereocenters. The number of halogens is 2. The van der Waals surface area contributed by atoms with Crippen molar-refractivity contribution in [2.45, 2.75) is 32.2 Å². The molecular weight excluding hydrogens is 196 g/mol. The molecule has 1 aliphatic carbocycles. The number of rotatable bonds is 2. The fourth-order valence-electron chi connectivity index (χ4n) is 2.21. The van der Waals surface area contributed by atoms with Crippen LogP contribution in [-0.4, -0.2) is 6.04 Å². The summed E-state index contributed by atoms with van der Waals surface area (Å²) in [6.45, 7) is 2.20. The normalized spacial score (nSPS) is 25.5. The lowest BCUT2D eigenvalue weighted by molar-refractivity contribution is 0.582. The van der Waals surface area contributed by atoms with Crippen molar-refractivity contribution in [3.63, 3.8) is 0 Å². The highest BCUT2D eigenvalue weighted by Gasteiger charge is 2.21. The molecule has 0 bridgehead atoms. The second-order valence-corrected chi connectivity index (χ2v) is 4.42. The van der Waals surface area contributed by atoms with Crippen LogP contribution in [0.5, 0.6) is 0 Å². The molecule has 0 radical (unpaired) electrons. The Morgan fingerprint density at radius 1 is 1.13 bits per heavy atom. The van der Waals surface area contributed by atoms with Gasteiger partial charge in [0.25, 0.3) is 0 Å². The maximum Gasteiger partial charge on any atom is 0.128 e. The Morgan fingerprint density at radius 2 is 1.80 bits per heavy atom. The fourth-order valence-corrected chi connectivity index (χ4v) is 2.21. The Kier molecular flexibility index (Phi) is 2.89. The summed E-state index contributed by atoms with van der Waals surface area (Å²) in [5.74, 6) is -0.340. The van der Waals surface area contributed by atoms with Gasteiger partial charge in [0.1, 0.15) is 11.6 Å². The summed E-state index contributed by atoms with van der Waals surface area (Å²) in [6.07, 6.45) is 3.35. The fraction of sp³-hybridized carbons (Fsp3) is 0.500. The molecule has 1 aliphatic rings. The van der Waals surface area contributed by atoms with Crippen LogP contribution >= 0.6 is 0 Å². The van der Waals surface area contributed by atoms with Crippen LogP contribution in [0, 0.1) is 17.6 Å². The van der Waals surface area contributed by atoms with Gasteiger partial charge in [-0.2, -0.15) is 0 Å². The summed E-state index contributed by atoms with van der Waals surface area (Å²) in [5, 5.41) is 3.17. The third-order valence-corrected chi connectivity index (χ3v) is 2.93. The van der Waals surface area contributed by atoms with Gasteiger partial charge in [0.15, 0.2) is 0 Å². The first-order chi connectivity index (χ1) is 7.13. The van der Waals surface area contributed by atoms with Crippen molar-refractivity contribution in [2.75, 3.05) is 5.32 Å². The third kappa shape index (κ3) is 2.67. The molecule has 0 aromatic heterocycles. The lowest BCUT2D eigenvalue weighted by Gasteiger charge is -2.13. The van der Waals surface area contributed by atoms with E-state index in [2.05, 4.69) is 12.2 Å². The average Bonchev–Trinajstić information content (AvgIpc) is 2.49. The highest BCUT2D eigenvalue weighted by Crippen LogP contribution is 2.27. The standard InChI is InChI=1S/C12H15F2N/c1-8-2-3-11(4-8)15-12-6-9(13)5-10(14)7-12/h5-8,11,15H,2-4H2,1H3/t8-,11-/m0/s1. The molecule has 3 heteroatoms. The van der Waals surface area contributed by atoms with Crippen molar-refractivity contribution in [2.24, 2.45) is 5.92 Å². The second kappa shape index (κ2) is 4.17. The molecule has 1 aromatic rings. The van der Waals surface area contributed by atoms with Gasteiger partial charge in [-0.25, -0.2) is 8.78 Å². The molecule has 2 atom stereocenters. The summed E-state index contributed by atoms with van der Waals surface area (Å²) in [5.41, 5.74) is 0.548. The molecule has 0 saturated heterocycles. The van der Waals surface area contributed by atoms with Crippen molar-refractivity contribution >= 4 is 5.69 Å². The van der Waals surface area contributed by atoms with Gasteiger partial charge < -0.3 is 5.32 Å². The van der Waals surface area contributed by atoms with Crippen LogP contribution in [0.1, 0.15) is 26.2 Å². The molecule has 1 saturated carbocycles. The van der Waals surface area contributed by atoms with Crippen molar-refractivity contribution < 1.29 is 8.78 Å². The van der Waals surface area contributed by atoms with E-state index in [0.29, 0.717) is 17.6 Å². The third-order valence-electron chi connectivity index (χ3n) is 2.93. The topological polar surface area (TPSA) is 12.0 Å². The first-order valence-electron chi connectivity index (χ1n) is 5.36. The molecule has 2 rings (SSSR count). The van der Waals surface area contributed by atoms with E-state index in [-0.39, 0.29) is 0 Å². The molecule has 1 fully saturated rings. The average molecular weight is 211 g/mol. The number of nitrogens with one attached hydrogen (secondary N) is 1. The Morgan fingerprint density at radius 3 is 2.33 bits per heavy atom. The number of anilines is 1. The van der Waals surface area contributed by atoms with E-state index in [9.17, 15) is 8.78 Å². The van der Waals surface area contributed by atoms with Crippen molar-refractivity contribution in [1.82, 2.24) is 0 Å². The lowest BCUT2D eigenvalue weighted by atomic mass is 10.1. The number of benzene rings is 1. The predicted octanol–water partition coefficient (Wildman–Crippen LogP) is 3.57. The van der Waals surface area contributed by atoms with E-state index in [1.165, 1.54) is 18.6 Å². The summed E-state index contributed by atoms with van der Waals surface area (Å²) in [4.78, 5) is 0. The van der Waals surface area contributed by atoms with E-state index in [1.54, 1.807) is 0 Å². The van der Waals surface area contributed by atoms with Crippen LogP contribution in [0.3, 0.4) is 0 Å². The molecule has 1 aromatic carbocycles. The monoisotopic (exact) mass is 211 g/mol. The van der Waals surface area contributed by atoms with Gasteiger partial charge in [0, 0.05) is 17.8 Å². The minimum absolute atomic E-state index is 0.362. The summed E-state index contributed by atoms with van der Waals surface area (Å²) in [7, 11) is 0. The van der Waals surface area contributed by atoms with Gasteiger partial charge in [0.2, 0.25) is 0 Å². The smallest absolute Gasteiger partial charge is 0.128 e. The van der Waals surface area contributed by atoms with Gasteiger partial charge in [-0.05, 0) is 37.3 Å². The molecule has 0 heterocycles. The first kappa shape index (κ1) is 10.4. The largest absolute Gasteiger partial charge is 0.382 e. The van der Waals surface area contributed by atoms with Crippen LogP contribution in [-0.2, 0) is 0 Å². The van der Waals surface area contributed by atoms with Crippen LogP contribution in [0.15, 0.2) is 18.2 Å². The highest BCUT2D eigenvalue weighted by molar-refractivity contribution is 5.44. The van der Waals surface area contributed by atoms with Gasteiger partial charge in [-0.15, -0.1) is 0 Å². The summed E-state index contributed by atoms with van der Waals surface area (Å²) in [6, 6.07) is 3.93. The Hall–Kier alpha value is -1.12. The molecular formula is C12H15F2N. The molecule has 0 amide bonds. The first-order valence-corrected chi connectivity index (χ1v) is 5.36. The quantitative estimate of drug-likeness (QED) is 0.788. The SMILES string of the molecule is C[C@H]1CC[C@H](Nc2cc(F)cc(F)c2)C1. The Balaban J connectivity index is 2.04. The van der Waals surface area contributed by atoms with E-state index in [0.717, 1.165) is 18.9 Å². The van der Waals surface area contributed by atoms with E-state index < -0.39 is 11.6 Å². The Bertz CT molecular complexity index is 331. The van der Waals surface area contributed by atoms with Gasteiger partial charge in [-0.1, -0.05) is 6.92 Å². The maximum absolute atomic E-state index is 12.9. The zero-order valence-corrected chi connectivity index (χ0v) is 8.76. The van der Waals surface area contributed by atoms with E-state index in [1.807, 2.05) is 0 Å². The van der Waals surface area contributed by atoms with Gasteiger partial charge in [0.05, 0.1) is 0 Å². The van der Waals surface area contributed by atoms with Crippen LogP contribution in [0.4, 0.5) is 14.5 Å². The highest BCUT2D eigenvalue weighted by atomic mass is 19.1. The summed E-state index contributed by atoms with van der Waals surface area (Å²) >= 11 is 0. The minimum atomic E-state index is -0.524. The Labute approximate surface area is 88.5 Å². The van der Waals surface area contributed by atoms with Crippen molar-refractivity contribution in [3.8, 4) is 0 Å². The van der Waals surface area contributed by atoms with E-state index >= 15 is 0 Å². The predicted molar refractivity (Wildman–Crippen MR) is 56.8 cm³/mol. The molecule has 1 nitrogen and oxygen atoms in total. The summed E-state index contributed by atoms with van der Waals surface area (Å²) < 4.78 is 25.8. The van der Waals surface area contributed by atoms with Crippen LogP contribution in [0.2, 0.25) is 0 Å². The maximum atomic E-state index is 12.9. The van der Waals surface area contributed by atoms with Crippen LogP contribution in [0.25, 0.3) is 0 Å².